The summed E-state index contributed by atoms with van der Waals surface area (Å²) >= 11 is 0. The summed E-state index contributed by atoms with van der Waals surface area (Å²) in [5.41, 5.74) is 3.37. The second-order valence-corrected chi connectivity index (χ2v) is 8.07. The van der Waals surface area contributed by atoms with E-state index in [1.807, 2.05) is 33.7 Å². The molecule has 0 radical (unpaired) electrons. The van der Waals surface area contributed by atoms with Crippen LogP contribution in [0.1, 0.15) is 77.8 Å². The van der Waals surface area contributed by atoms with Crippen LogP contribution in [0.15, 0.2) is 24.3 Å². The van der Waals surface area contributed by atoms with Gasteiger partial charge in [0.15, 0.2) is 5.82 Å². The molecular formula is C22H28N4O2. The summed E-state index contributed by atoms with van der Waals surface area (Å²) in [5, 5.41) is 2.95. The van der Waals surface area contributed by atoms with Gasteiger partial charge in [-0.3, -0.25) is 9.59 Å². The summed E-state index contributed by atoms with van der Waals surface area (Å²) in [5.74, 6) is 0.526. The molecule has 3 heterocycles. The fourth-order valence-corrected chi connectivity index (χ4v) is 4.10. The Kier molecular flexibility index (Phi) is 5.20. The maximum atomic E-state index is 12.9. The number of benzene rings is 1. The van der Waals surface area contributed by atoms with Crippen molar-refractivity contribution in [3.63, 3.8) is 0 Å². The lowest BCUT2D eigenvalue weighted by atomic mass is 10.0. The Morgan fingerprint density at radius 3 is 2.36 bits per heavy atom. The zero-order chi connectivity index (χ0) is 19.7. The molecule has 4 rings (SSSR count). The van der Waals surface area contributed by atoms with Crippen LogP contribution in [-0.4, -0.2) is 39.4 Å². The number of nitrogens with zero attached hydrogens (tertiary/aromatic N) is 3. The quantitative estimate of drug-likeness (QED) is 0.876. The largest absolute Gasteiger partial charge is 0.337 e. The highest BCUT2D eigenvalue weighted by molar-refractivity contribution is 6.03. The van der Waals surface area contributed by atoms with Gasteiger partial charge in [0, 0.05) is 25.3 Å². The number of hydrogen-bond acceptors (Lipinski definition) is 3. The normalized spacial score (nSPS) is 16.3. The van der Waals surface area contributed by atoms with Gasteiger partial charge >= 0.3 is 0 Å². The fraction of sp³-hybridized carbons (Fsp3) is 0.500. The summed E-state index contributed by atoms with van der Waals surface area (Å²) in [6, 6.07) is 7.90. The highest BCUT2D eigenvalue weighted by atomic mass is 16.2. The summed E-state index contributed by atoms with van der Waals surface area (Å²) < 4.78 is 1.95. The van der Waals surface area contributed by atoms with E-state index in [2.05, 4.69) is 24.1 Å². The van der Waals surface area contributed by atoms with E-state index in [1.165, 1.54) is 5.56 Å². The molecule has 1 aromatic carbocycles. The van der Waals surface area contributed by atoms with Crippen LogP contribution in [0.2, 0.25) is 0 Å². The van der Waals surface area contributed by atoms with Crippen molar-refractivity contribution in [3.8, 4) is 0 Å². The number of amides is 2. The number of nitrogens with one attached hydrogen (secondary N) is 1. The third-order valence-corrected chi connectivity index (χ3v) is 5.75. The second kappa shape index (κ2) is 7.78. The average molecular weight is 380 g/mol. The van der Waals surface area contributed by atoms with Crippen LogP contribution in [0.3, 0.4) is 0 Å². The minimum absolute atomic E-state index is 0.0245. The van der Waals surface area contributed by atoms with Crippen LogP contribution in [0.25, 0.3) is 0 Å². The van der Waals surface area contributed by atoms with E-state index in [9.17, 15) is 9.59 Å². The zero-order valence-corrected chi connectivity index (χ0v) is 16.7. The Morgan fingerprint density at radius 1 is 1.00 bits per heavy atom. The maximum absolute atomic E-state index is 12.9. The van der Waals surface area contributed by atoms with Crippen LogP contribution < -0.4 is 5.32 Å². The van der Waals surface area contributed by atoms with Crippen LogP contribution in [0.4, 0.5) is 5.69 Å². The van der Waals surface area contributed by atoms with Gasteiger partial charge in [-0.15, -0.1) is 0 Å². The number of likely N-dealkylation sites (tertiary alicyclic amines) is 1. The first-order valence-corrected chi connectivity index (χ1v) is 10.3. The maximum Gasteiger partial charge on any atom is 0.291 e. The molecule has 0 bridgehead atoms. The Bertz CT molecular complexity index is 877. The first-order valence-electron chi connectivity index (χ1n) is 10.3. The van der Waals surface area contributed by atoms with Crippen molar-refractivity contribution in [1.29, 1.82) is 0 Å². The van der Waals surface area contributed by atoms with Gasteiger partial charge in [-0.05, 0) is 55.7 Å². The van der Waals surface area contributed by atoms with E-state index in [-0.39, 0.29) is 11.8 Å². The van der Waals surface area contributed by atoms with Crippen molar-refractivity contribution in [2.24, 2.45) is 0 Å². The molecule has 0 unspecified atom stereocenters. The molecule has 2 aliphatic rings. The lowest BCUT2D eigenvalue weighted by Crippen LogP contribution is -2.29. The molecule has 2 amide bonds. The van der Waals surface area contributed by atoms with E-state index in [4.69, 9.17) is 0 Å². The summed E-state index contributed by atoms with van der Waals surface area (Å²) in [7, 11) is 0. The van der Waals surface area contributed by atoms with Crippen LogP contribution in [0, 0.1) is 0 Å². The average Bonchev–Trinajstić information content (AvgIpc) is 3.36. The Hall–Kier alpha value is -2.63. The number of rotatable bonds is 4. The van der Waals surface area contributed by atoms with Gasteiger partial charge in [-0.1, -0.05) is 26.0 Å². The topological polar surface area (TPSA) is 67.2 Å². The first-order chi connectivity index (χ1) is 13.5. The predicted octanol–water partition coefficient (Wildman–Crippen LogP) is 3.83. The van der Waals surface area contributed by atoms with Crippen molar-refractivity contribution in [2.75, 3.05) is 18.4 Å². The summed E-state index contributed by atoms with van der Waals surface area (Å²) in [6.07, 6.45) is 4.93. The number of carbonyl (C=O) groups excluding carboxylic acids is 2. The zero-order valence-electron chi connectivity index (χ0n) is 16.7. The van der Waals surface area contributed by atoms with Gasteiger partial charge in [0.25, 0.3) is 11.8 Å². The highest BCUT2D eigenvalue weighted by Crippen LogP contribution is 2.24. The van der Waals surface area contributed by atoms with Gasteiger partial charge in [-0.25, -0.2) is 4.98 Å². The molecule has 0 aliphatic carbocycles. The number of carbonyl (C=O) groups is 2. The standard InChI is InChI=1S/C22H28N4O2/c1-15(2)16-8-10-17(11-9-16)23-21(27)20-24-19(18-7-3-4-14-26(18)20)22(28)25-12-5-6-13-25/h8-11,15H,3-7,12-14H2,1-2H3,(H,23,27). The third-order valence-electron chi connectivity index (χ3n) is 5.75. The molecule has 1 N–H and O–H groups in total. The molecule has 28 heavy (non-hydrogen) atoms. The van der Waals surface area contributed by atoms with Crippen LogP contribution in [0.5, 0.6) is 0 Å². The van der Waals surface area contributed by atoms with Crippen LogP contribution in [-0.2, 0) is 13.0 Å². The molecule has 0 saturated carbocycles. The number of fused-ring (bicyclic) bond motifs is 1. The summed E-state index contributed by atoms with van der Waals surface area (Å²) in [6.45, 7) is 6.60. The van der Waals surface area contributed by atoms with Gasteiger partial charge < -0.3 is 14.8 Å². The molecule has 0 spiro atoms. The SMILES string of the molecule is CC(C)c1ccc(NC(=O)c2nc(C(=O)N3CCCC3)c3n2CCCC3)cc1. The van der Waals surface area contributed by atoms with E-state index in [0.29, 0.717) is 17.4 Å². The van der Waals surface area contributed by atoms with Crippen molar-refractivity contribution in [2.45, 2.75) is 58.4 Å². The third kappa shape index (κ3) is 3.55. The Balaban J connectivity index is 1.59. The highest BCUT2D eigenvalue weighted by Gasteiger charge is 2.30. The van der Waals surface area contributed by atoms with E-state index < -0.39 is 0 Å². The monoisotopic (exact) mass is 380 g/mol. The Morgan fingerprint density at radius 2 is 1.68 bits per heavy atom. The molecule has 6 nitrogen and oxygen atoms in total. The molecule has 1 aromatic heterocycles. The molecule has 0 atom stereocenters. The molecule has 1 fully saturated rings. The van der Waals surface area contributed by atoms with Crippen molar-refractivity contribution < 1.29 is 9.59 Å². The fourth-order valence-electron chi connectivity index (χ4n) is 4.10. The van der Waals surface area contributed by atoms with Crippen molar-refractivity contribution >= 4 is 17.5 Å². The lowest BCUT2D eigenvalue weighted by Gasteiger charge is -2.18. The molecule has 1 saturated heterocycles. The van der Waals surface area contributed by atoms with E-state index in [1.54, 1.807) is 0 Å². The molecule has 6 heteroatoms. The minimum Gasteiger partial charge on any atom is -0.337 e. The minimum atomic E-state index is -0.249. The second-order valence-electron chi connectivity index (χ2n) is 8.07. The van der Waals surface area contributed by atoms with E-state index >= 15 is 0 Å². The molecule has 2 aromatic rings. The molecule has 2 aliphatic heterocycles. The van der Waals surface area contributed by atoms with E-state index in [0.717, 1.165) is 63.1 Å². The molecular weight excluding hydrogens is 352 g/mol. The number of aromatic nitrogens is 2. The number of anilines is 1. The summed E-state index contributed by atoms with van der Waals surface area (Å²) in [4.78, 5) is 32.3. The lowest BCUT2D eigenvalue weighted by molar-refractivity contribution is 0.0786. The van der Waals surface area contributed by atoms with Gasteiger partial charge in [-0.2, -0.15) is 0 Å². The number of hydrogen-bond donors (Lipinski definition) is 1. The van der Waals surface area contributed by atoms with Gasteiger partial charge in [0.05, 0.1) is 5.69 Å². The predicted molar refractivity (Wildman–Crippen MR) is 109 cm³/mol. The van der Waals surface area contributed by atoms with Crippen molar-refractivity contribution in [1.82, 2.24) is 14.5 Å². The van der Waals surface area contributed by atoms with Crippen LogP contribution >= 0.6 is 0 Å². The first kappa shape index (κ1) is 18.7. The van der Waals surface area contributed by atoms with Gasteiger partial charge in [0.2, 0.25) is 0 Å². The number of imidazole rings is 1. The smallest absolute Gasteiger partial charge is 0.291 e. The van der Waals surface area contributed by atoms with Crippen molar-refractivity contribution in [3.05, 3.63) is 47.0 Å². The van der Waals surface area contributed by atoms with Gasteiger partial charge in [0.1, 0.15) is 5.69 Å². The molecule has 148 valence electrons. The Labute approximate surface area is 165 Å².